The third-order valence-corrected chi connectivity index (χ3v) is 7.08. The minimum absolute atomic E-state index is 0. The van der Waals surface area contributed by atoms with Crippen molar-refractivity contribution in [3.63, 3.8) is 0 Å². The van der Waals surface area contributed by atoms with Gasteiger partial charge in [-0.05, 0) is 84.7 Å². The van der Waals surface area contributed by atoms with Gasteiger partial charge in [0.1, 0.15) is 17.7 Å². The predicted octanol–water partition coefficient (Wildman–Crippen LogP) is 2.57. The maximum absolute atomic E-state index is 13.8. The summed E-state index contributed by atoms with van der Waals surface area (Å²) in [5.41, 5.74) is 2.41. The Morgan fingerprint density at radius 2 is 1.70 bits per heavy atom. The molecule has 0 heterocycles. The van der Waals surface area contributed by atoms with Gasteiger partial charge >= 0.3 is 48.1 Å². The molecule has 238 valence electrons. The Morgan fingerprint density at radius 1 is 0.978 bits per heavy atom. The Morgan fingerprint density at radius 3 is 2.39 bits per heavy atom. The van der Waals surface area contributed by atoms with E-state index in [4.69, 9.17) is 4.74 Å². The van der Waals surface area contributed by atoms with Crippen molar-refractivity contribution in [2.75, 3.05) is 0 Å². The second-order valence-electron chi connectivity index (χ2n) is 10.4. The molecule has 0 radical (unpaired) electrons. The Labute approximate surface area is 284 Å². The largest absolute Gasteiger partial charge is 1.00 e. The molecule has 46 heavy (non-hydrogen) atoms. The molecule has 1 aliphatic rings. The zero-order chi connectivity index (χ0) is 32.6. The molecule has 2 atom stereocenters. The number of esters is 1. The Bertz CT molecular complexity index is 1550. The van der Waals surface area contributed by atoms with Gasteiger partial charge in [0.15, 0.2) is 0 Å². The summed E-state index contributed by atoms with van der Waals surface area (Å²) < 4.78 is 76.5. The van der Waals surface area contributed by atoms with Gasteiger partial charge in [0.25, 0.3) is 5.91 Å². The molecule has 0 fully saturated rings. The van der Waals surface area contributed by atoms with Crippen LogP contribution in [0, 0.1) is 5.82 Å². The van der Waals surface area contributed by atoms with Crippen LogP contribution in [-0.4, -0.2) is 36.4 Å². The van der Waals surface area contributed by atoms with Crippen molar-refractivity contribution in [1.29, 1.82) is 0 Å². The summed E-state index contributed by atoms with van der Waals surface area (Å²) in [6.07, 6.45) is -5.38. The molecule has 4 rings (SSSR count). The van der Waals surface area contributed by atoms with Gasteiger partial charge in [-0.3, -0.25) is 9.59 Å². The number of nitrogens with one attached hydrogen (secondary N) is 1. The van der Waals surface area contributed by atoms with Crippen LogP contribution in [0.15, 0.2) is 72.8 Å². The van der Waals surface area contributed by atoms with Crippen LogP contribution in [0.25, 0.3) is 6.08 Å². The third-order valence-electron chi connectivity index (χ3n) is 7.08. The number of hydrogen-bond donors (Lipinski definition) is 1. The van der Waals surface area contributed by atoms with Crippen LogP contribution in [-0.2, 0) is 27.2 Å². The molecular weight excluding hydrogens is 624 g/mol. The van der Waals surface area contributed by atoms with Gasteiger partial charge in [0.2, 0.25) is 0 Å². The van der Waals surface area contributed by atoms with Crippen LogP contribution < -0.4 is 44.7 Å². The topological polar surface area (TPSA) is 105 Å². The fraction of sp³-hybridized carbons (Fsp3) is 0.303. The summed E-state index contributed by atoms with van der Waals surface area (Å²) in [4.78, 5) is 37.5. The molecule has 0 bridgehead atoms. The van der Waals surface area contributed by atoms with E-state index in [1.54, 1.807) is 12.1 Å². The number of carbonyl (C=O) groups is 3. The molecule has 0 saturated heterocycles. The van der Waals surface area contributed by atoms with E-state index in [0.29, 0.717) is 11.1 Å². The van der Waals surface area contributed by atoms with E-state index < -0.39 is 66.9 Å². The molecule has 1 aliphatic carbocycles. The van der Waals surface area contributed by atoms with E-state index in [0.717, 1.165) is 49.1 Å². The van der Waals surface area contributed by atoms with Crippen LogP contribution >= 0.6 is 0 Å². The number of rotatable bonds is 13. The summed E-state index contributed by atoms with van der Waals surface area (Å²) in [5, 5.41) is 13.8. The van der Waals surface area contributed by atoms with Gasteiger partial charge in [-0.1, -0.05) is 48.6 Å². The summed E-state index contributed by atoms with van der Waals surface area (Å²) in [6, 6.07) is 13.8. The number of ether oxygens (including phenoxy) is 2. The zero-order valence-corrected chi connectivity index (χ0v) is 26.8. The van der Waals surface area contributed by atoms with Crippen molar-refractivity contribution < 1.29 is 80.5 Å². The maximum Gasteiger partial charge on any atom is 1.00 e. The number of carboxylic acid groups (broad SMARTS) is 1. The Balaban J connectivity index is 0.00000576. The predicted molar refractivity (Wildman–Crippen MR) is 151 cm³/mol. The van der Waals surface area contributed by atoms with Gasteiger partial charge < -0.3 is 24.7 Å². The van der Waals surface area contributed by atoms with Crippen molar-refractivity contribution in [1.82, 2.24) is 5.32 Å². The van der Waals surface area contributed by atoms with E-state index in [1.807, 2.05) is 18.2 Å². The van der Waals surface area contributed by atoms with Gasteiger partial charge in [0, 0.05) is 11.5 Å². The second kappa shape index (κ2) is 16.7. The van der Waals surface area contributed by atoms with Crippen LogP contribution in [0.1, 0.15) is 64.4 Å². The number of fused-ring (bicyclic) bond motifs is 1. The summed E-state index contributed by atoms with van der Waals surface area (Å²) in [6.45, 7) is 0. The van der Waals surface area contributed by atoms with Crippen molar-refractivity contribution in [3.8, 4) is 5.75 Å². The Hall–Kier alpha value is -3.74. The van der Waals surface area contributed by atoms with Crippen LogP contribution in [0.2, 0.25) is 0 Å². The monoisotopic (exact) mass is 653 g/mol. The first-order valence-electron chi connectivity index (χ1n) is 14.1. The van der Waals surface area contributed by atoms with E-state index in [-0.39, 0.29) is 47.1 Å². The first-order chi connectivity index (χ1) is 21.4. The number of aryl methyl sites for hydroxylation is 1. The summed E-state index contributed by atoms with van der Waals surface area (Å²) in [7, 11) is 0. The first kappa shape index (κ1) is 36.7. The molecule has 0 aromatic heterocycles. The van der Waals surface area contributed by atoms with Gasteiger partial charge in [0.05, 0.1) is 12.5 Å². The quantitative estimate of drug-likeness (QED) is 0.173. The Kier molecular flexibility index (Phi) is 13.3. The number of allylic oxidation sites excluding steroid dienone is 1. The zero-order valence-electron chi connectivity index (χ0n) is 24.8. The van der Waals surface area contributed by atoms with Gasteiger partial charge in [-0.25, -0.2) is 4.39 Å². The standard InChI is InChI=1S/C33H30F5NO6.Na/c34-23-14-12-22(13-15-23)30(44-29(42)17-16-28(40)41)27(19-20-6-4-9-24(18-20)45-33(37,38)32(35)36)39-31(43)26-11-5-8-21-7-2-1-3-10-25(21)26;/h3-6,8-15,18,27,30,32H,1-2,7,16-17,19H2,(H,39,43)(H,40,41);/q;+1/p-1. The summed E-state index contributed by atoms with van der Waals surface area (Å²) >= 11 is 0. The molecule has 7 nitrogen and oxygen atoms in total. The number of benzene rings is 3. The molecule has 0 spiro atoms. The number of carbonyl (C=O) groups excluding carboxylic acids is 3. The number of aliphatic carboxylic acids is 1. The molecule has 3 aromatic carbocycles. The fourth-order valence-electron chi connectivity index (χ4n) is 4.95. The summed E-state index contributed by atoms with van der Waals surface area (Å²) in [5.74, 6) is -4.21. The van der Waals surface area contributed by atoms with Gasteiger partial charge in [-0.15, -0.1) is 0 Å². The number of carboxylic acids is 1. The molecule has 1 amide bonds. The molecule has 0 aliphatic heterocycles. The molecule has 2 unspecified atom stereocenters. The van der Waals surface area contributed by atoms with Crippen molar-refractivity contribution >= 4 is 23.9 Å². The van der Waals surface area contributed by atoms with Crippen molar-refractivity contribution in [2.24, 2.45) is 0 Å². The fourth-order valence-corrected chi connectivity index (χ4v) is 4.95. The minimum Gasteiger partial charge on any atom is -0.550 e. The third kappa shape index (κ3) is 10.1. The minimum atomic E-state index is -4.77. The first-order valence-corrected chi connectivity index (χ1v) is 14.1. The van der Waals surface area contributed by atoms with Crippen LogP contribution in [0.5, 0.6) is 5.75 Å². The van der Waals surface area contributed by atoms with E-state index in [1.165, 1.54) is 24.3 Å². The van der Waals surface area contributed by atoms with E-state index in [9.17, 15) is 41.4 Å². The number of hydrogen-bond acceptors (Lipinski definition) is 6. The molecule has 3 aromatic rings. The van der Waals surface area contributed by atoms with Crippen molar-refractivity contribution in [2.45, 2.75) is 63.2 Å². The normalized spacial score (nSPS) is 13.9. The number of amides is 1. The van der Waals surface area contributed by atoms with Crippen LogP contribution in [0.4, 0.5) is 22.0 Å². The smallest absolute Gasteiger partial charge is 0.550 e. The maximum atomic E-state index is 13.8. The van der Waals surface area contributed by atoms with Crippen molar-refractivity contribution in [3.05, 3.63) is 106 Å². The molecule has 1 N–H and O–H groups in total. The van der Waals surface area contributed by atoms with Gasteiger partial charge in [-0.2, -0.15) is 17.6 Å². The molecule has 0 saturated carbocycles. The second-order valence-corrected chi connectivity index (χ2v) is 10.4. The van der Waals surface area contributed by atoms with Crippen LogP contribution in [0.3, 0.4) is 0 Å². The van der Waals surface area contributed by atoms with E-state index >= 15 is 0 Å². The molecule has 13 heteroatoms. The average molecular weight is 654 g/mol. The SMILES string of the molecule is O=C([O-])CCC(=O)OC(c1ccc(F)cc1)C(Cc1cccc(OC(F)(F)C(F)F)c1)NC(=O)c1cccc2c1C=CCCC2.[Na+]. The molecular formula is C33H29F5NNaO6. The number of alkyl halides is 4. The van der Waals surface area contributed by atoms with E-state index in [2.05, 4.69) is 10.1 Å². The number of halogens is 5. The average Bonchev–Trinajstić information content (AvgIpc) is 3.25.